The first-order valence-corrected chi connectivity index (χ1v) is 10.3. The largest absolute Gasteiger partial charge is 0.616 e. The fourth-order valence-electron chi connectivity index (χ4n) is 2.59. The van der Waals surface area contributed by atoms with E-state index in [0.29, 0.717) is 14.6 Å². The SMILES string of the molecule is CCOC(=O)C(C1CC(=O)N(c2cc(Br)cc(Br)c2)C1=O)[S+](C)[O-]. The molecule has 0 spiro atoms. The molecule has 0 bridgehead atoms. The number of anilines is 1. The summed E-state index contributed by atoms with van der Waals surface area (Å²) in [5, 5.41) is -1.15. The molecule has 130 valence electrons. The number of ether oxygens (including phenoxy) is 1. The lowest BCUT2D eigenvalue weighted by molar-refractivity contribution is -0.145. The molecule has 1 aromatic rings. The summed E-state index contributed by atoms with van der Waals surface area (Å²) < 4.78 is 18.3. The molecule has 0 N–H and O–H groups in total. The monoisotopic (exact) mass is 479 g/mol. The molecular formula is C15H15Br2NO5S. The third-order valence-corrected chi connectivity index (χ3v) is 5.68. The Morgan fingerprint density at radius 1 is 1.38 bits per heavy atom. The van der Waals surface area contributed by atoms with Crippen LogP contribution in [0, 0.1) is 5.92 Å². The van der Waals surface area contributed by atoms with Crippen LogP contribution in [0.15, 0.2) is 27.1 Å². The minimum Gasteiger partial charge on any atom is -0.616 e. The summed E-state index contributed by atoms with van der Waals surface area (Å²) in [5.74, 6) is -2.69. The van der Waals surface area contributed by atoms with Crippen LogP contribution >= 0.6 is 31.9 Å². The quantitative estimate of drug-likeness (QED) is 0.367. The number of carbonyl (C=O) groups is 3. The standard InChI is InChI=1S/C15H15Br2NO5S/c1-3-23-15(21)13(24(2)22)11-7-12(19)18(14(11)20)10-5-8(16)4-9(17)6-10/h4-6,11,13H,3,7H2,1-2H3. The normalized spacial score (nSPS) is 20.2. The number of halogens is 2. The van der Waals surface area contributed by atoms with E-state index >= 15 is 0 Å². The molecular weight excluding hydrogens is 466 g/mol. The Kier molecular flexibility index (Phi) is 6.46. The molecule has 0 radical (unpaired) electrons. The van der Waals surface area contributed by atoms with Gasteiger partial charge in [0.1, 0.15) is 5.92 Å². The first-order chi connectivity index (χ1) is 11.3. The first-order valence-electron chi connectivity index (χ1n) is 7.08. The van der Waals surface area contributed by atoms with Crippen LogP contribution in [0.2, 0.25) is 0 Å². The first kappa shape index (κ1) is 19.4. The van der Waals surface area contributed by atoms with Gasteiger partial charge in [-0.15, -0.1) is 0 Å². The Morgan fingerprint density at radius 2 is 1.96 bits per heavy atom. The molecule has 0 saturated carbocycles. The van der Waals surface area contributed by atoms with Crippen LogP contribution in [0.25, 0.3) is 0 Å². The van der Waals surface area contributed by atoms with E-state index in [-0.39, 0.29) is 13.0 Å². The van der Waals surface area contributed by atoms with E-state index in [0.717, 1.165) is 4.90 Å². The maximum atomic E-state index is 12.7. The van der Waals surface area contributed by atoms with E-state index in [4.69, 9.17) is 4.74 Å². The van der Waals surface area contributed by atoms with Gasteiger partial charge in [0.05, 0.1) is 18.6 Å². The Balaban J connectivity index is 2.35. The molecule has 9 heteroatoms. The molecule has 3 atom stereocenters. The minimum absolute atomic E-state index is 0.115. The Labute approximate surface area is 159 Å². The third kappa shape index (κ3) is 4.01. The molecule has 1 aliphatic rings. The van der Waals surface area contributed by atoms with Crippen molar-refractivity contribution in [1.82, 2.24) is 0 Å². The summed E-state index contributed by atoms with van der Waals surface area (Å²) in [6.45, 7) is 1.74. The number of amides is 2. The van der Waals surface area contributed by atoms with Gasteiger partial charge < -0.3 is 9.29 Å². The molecule has 2 amide bonds. The van der Waals surface area contributed by atoms with Gasteiger partial charge in [-0.3, -0.25) is 14.5 Å². The van der Waals surface area contributed by atoms with Crippen molar-refractivity contribution < 1.29 is 23.7 Å². The molecule has 1 heterocycles. The zero-order valence-electron chi connectivity index (χ0n) is 13.0. The summed E-state index contributed by atoms with van der Waals surface area (Å²) in [7, 11) is 0. The molecule has 24 heavy (non-hydrogen) atoms. The smallest absolute Gasteiger partial charge is 0.360 e. The second-order valence-electron chi connectivity index (χ2n) is 5.18. The number of esters is 1. The summed E-state index contributed by atoms with van der Waals surface area (Å²) >= 11 is 4.98. The molecule has 1 aliphatic heterocycles. The van der Waals surface area contributed by atoms with E-state index in [1.165, 1.54) is 6.26 Å². The lowest BCUT2D eigenvalue weighted by Crippen LogP contribution is -2.42. The number of hydrogen-bond donors (Lipinski definition) is 0. The lowest BCUT2D eigenvalue weighted by Gasteiger charge is -2.21. The van der Waals surface area contributed by atoms with Crippen LogP contribution in [-0.4, -0.2) is 40.4 Å². The number of imide groups is 1. The summed E-state index contributed by atoms with van der Waals surface area (Å²) in [4.78, 5) is 38.2. The van der Waals surface area contributed by atoms with Gasteiger partial charge in [0.25, 0.3) is 0 Å². The fraction of sp³-hybridized carbons (Fsp3) is 0.400. The highest BCUT2D eigenvalue weighted by molar-refractivity contribution is 9.11. The van der Waals surface area contributed by atoms with Crippen LogP contribution in [0.1, 0.15) is 13.3 Å². The molecule has 3 unspecified atom stereocenters. The van der Waals surface area contributed by atoms with Crippen molar-refractivity contribution in [3.63, 3.8) is 0 Å². The van der Waals surface area contributed by atoms with Gasteiger partial charge >= 0.3 is 5.97 Å². The number of carbonyl (C=O) groups excluding carboxylic acids is 3. The molecule has 1 aromatic carbocycles. The molecule has 0 aliphatic carbocycles. The van der Waals surface area contributed by atoms with E-state index in [2.05, 4.69) is 31.9 Å². The Morgan fingerprint density at radius 3 is 2.46 bits per heavy atom. The molecule has 6 nitrogen and oxygen atoms in total. The summed E-state index contributed by atoms with van der Waals surface area (Å²) in [6, 6.07) is 5.03. The second kappa shape index (κ2) is 7.99. The van der Waals surface area contributed by atoms with Crippen LogP contribution in [0.5, 0.6) is 0 Å². The predicted octanol–water partition coefficient (Wildman–Crippen LogP) is 2.40. The van der Waals surface area contributed by atoms with Crippen LogP contribution in [0.4, 0.5) is 5.69 Å². The van der Waals surface area contributed by atoms with Crippen molar-refractivity contribution in [2.45, 2.75) is 18.6 Å². The summed E-state index contributed by atoms with van der Waals surface area (Å²) in [5.41, 5.74) is 0.387. The highest BCUT2D eigenvalue weighted by Crippen LogP contribution is 2.34. The maximum absolute atomic E-state index is 12.7. The van der Waals surface area contributed by atoms with Gasteiger partial charge in [0.15, 0.2) is 0 Å². The second-order valence-corrected chi connectivity index (χ2v) is 8.51. The van der Waals surface area contributed by atoms with Crippen molar-refractivity contribution in [3.05, 3.63) is 27.1 Å². The number of benzene rings is 1. The average molecular weight is 481 g/mol. The van der Waals surface area contributed by atoms with E-state index in [1.807, 2.05) is 0 Å². The number of nitrogens with zero attached hydrogens (tertiary/aromatic N) is 1. The predicted molar refractivity (Wildman–Crippen MR) is 96.9 cm³/mol. The highest BCUT2D eigenvalue weighted by Gasteiger charge is 2.51. The van der Waals surface area contributed by atoms with Crippen LogP contribution in [-0.2, 0) is 30.3 Å². The van der Waals surface area contributed by atoms with Gasteiger partial charge in [0, 0.05) is 15.4 Å². The van der Waals surface area contributed by atoms with Gasteiger partial charge in [0.2, 0.25) is 17.1 Å². The van der Waals surface area contributed by atoms with Crippen molar-refractivity contribution in [2.24, 2.45) is 5.92 Å². The summed E-state index contributed by atoms with van der Waals surface area (Å²) in [6.07, 6.45) is 1.16. The maximum Gasteiger partial charge on any atom is 0.360 e. The van der Waals surface area contributed by atoms with Gasteiger partial charge in [-0.1, -0.05) is 31.9 Å². The van der Waals surface area contributed by atoms with E-state index < -0.39 is 40.1 Å². The minimum atomic E-state index is -1.63. The van der Waals surface area contributed by atoms with Crippen molar-refractivity contribution in [2.75, 3.05) is 17.8 Å². The van der Waals surface area contributed by atoms with Crippen molar-refractivity contribution >= 4 is 66.5 Å². The van der Waals surface area contributed by atoms with E-state index in [9.17, 15) is 18.9 Å². The molecule has 0 aromatic heterocycles. The zero-order valence-corrected chi connectivity index (χ0v) is 16.9. The average Bonchev–Trinajstić information content (AvgIpc) is 2.73. The zero-order chi connectivity index (χ0) is 18.0. The molecule has 1 fully saturated rings. The van der Waals surface area contributed by atoms with Crippen molar-refractivity contribution in [1.29, 1.82) is 0 Å². The molecule has 1 saturated heterocycles. The Bertz CT molecular complexity index is 662. The van der Waals surface area contributed by atoms with Gasteiger partial charge in [-0.05, 0) is 36.3 Å². The Hall–Kier alpha value is -0.900. The van der Waals surface area contributed by atoms with E-state index in [1.54, 1.807) is 25.1 Å². The van der Waals surface area contributed by atoms with Crippen LogP contribution < -0.4 is 4.90 Å². The number of hydrogen-bond acceptors (Lipinski definition) is 5. The highest BCUT2D eigenvalue weighted by atomic mass is 79.9. The number of rotatable bonds is 5. The van der Waals surface area contributed by atoms with Crippen LogP contribution in [0.3, 0.4) is 0 Å². The van der Waals surface area contributed by atoms with Gasteiger partial charge in [-0.25, -0.2) is 4.79 Å². The third-order valence-electron chi connectivity index (χ3n) is 3.53. The lowest BCUT2D eigenvalue weighted by atomic mass is 10.0. The van der Waals surface area contributed by atoms with Crippen molar-refractivity contribution in [3.8, 4) is 0 Å². The fourth-order valence-corrected chi connectivity index (χ4v) is 4.87. The topological polar surface area (TPSA) is 86.7 Å². The molecule has 2 rings (SSSR count). The van der Waals surface area contributed by atoms with Gasteiger partial charge in [-0.2, -0.15) is 0 Å².